The van der Waals surface area contributed by atoms with Gasteiger partial charge in [0.2, 0.25) is 0 Å². The number of amides is 1. The summed E-state index contributed by atoms with van der Waals surface area (Å²) >= 11 is 6.75. The molecule has 0 unspecified atom stereocenters. The van der Waals surface area contributed by atoms with Gasteiger partial charge < -0.3 is 9.30 Å². The number of para-hydroxylation sites is 1. The summed E-state index contributed by atoms with van der Waals surface area (Å²) in [6.07, 6.45) is 4.81. The van der Waals surface area contributed by atoms with Crippen molar-refractivity contribution in [3.8, 4) is 0 Å². The molecule has 164 valence electrons. The summed E-state index contributed by atoms with van der Waals surface area (Å²) in [5, 5.41) is 1.09. The summed E-state index contributed by atoms with van der Waals surface area (Å²) in [6.45, 7) is 3.31. The van der Waals surface area contributed by atoms with E-state index in [-0.39, 0.29) is 18.3 Å². The van der Waals surface area contributed by atoms with Gasteiger partial charge in [-0.25, -0.2) is 0 Å². The molecule has 2 heterocycles. The summed E-state index contributed by atoms with van der Waals surface area (Å²) in [7, 11) is 0. The Morgan fingerprint density at radius 1 is 1.12 bits per heavy atom. The fourth-order valence-corrected chi connectivity index (χ4v) is 5.05. The van der Waals surface area contributed by atoms with Crippen molar-refractivity contribution < 1.29 is 14.3 Å². The van der Waals surface area contributed by atoms with E-state index in [2.05, 4.69) is 35.0 Å². The lowest BCUT2D eigenvalue weighted by Gasteiger charge is -2.13. The van der Waals surface area contributed by atoms with Crippen LogP contribution in [-0.2, 0) is 20.9 Å². The van der Waals surface area contributed by atoms with E-state index >= 15 is 0 Å². The molecule has 4 rings (SSSR count). The first-order chi connectivity index (χ1) is 15.6. The van der Waals surface area contributed by atoms with Crippen LogP contribution in [0.2, 0.25) is 0 Å². The van der Waals surface area contributed by atoms with Crippen LogP contribution in [0, 0.1) is 0 Å². The van der Waals surface area contributed by atoms with Gasteiger partial charge in [-0.3, -0.25) is 14.5 Å². The SMILES string of the molecule is CCOC(=O)CCCN1C(=O)/C(=C/c2cn(Cc3ccccc3)c3ccccc23)SC1=S. The Balaban J connectivity index is 1.54. The number of nitrogens with zero attached hydrogens (tertiary/aromatic N) is 2. The van der Waals surface area contributed by atoms with Crippen molar-refractivity contribution in [1.82, 2.24) is 9.47 Å². The molecular weight excluding hydrogens is 440 g/mol. The topological polar surface area (TPSA) is 51.5 Å². The average molecular weight is 465 g/mol. The maximum atomic E-state index is 13.0. The number of thiocarbonyl (C=S) groups is 1. The van der Waals surface area contributed by atoms with Crippen molar-refractivity contribution in [2.24, 2.45) is 0 Å². The van der Waals surface area contributed by atoms with Gasteiger partial charge in [0.05, 0.1) is 11.5 Å². The fourth-order valence-electron chi connectivity index (χ4n) is 3.75. The lowest BCUT2D eigenvalue weighted by molar-refractivity contribution is -0.143. The van der Waals surface area contributed by atoms with Crippen molar-refractivity contribution in [1.29, 1.82) is 0 Å². The lowest BCUT2D eigenvalue weighted by Crippen LogP contribution is -2.29. The molecule has 0 atom stereocenters. The Morgan fingerprint density at radius 2 is 1.88 bits per heavy atom. The van der Waals surface area contributed by atoms with Gasteiger partial charge >= 0.3 is 5.97 Å². The van der Waals surface area contributed by atoms with E-state index in [0.29, 0.717) is 28.8 Å². The van der Waals surface area contributed by atoms with Crippen LogP contribution in [0.25, 0.3) is 17.0 Å². The Hall–Kier alpha value is -2.90. The number of carbonyl (C=O) groups is 2. The minimum absolute atomic E-state index is 0.108. The number of ether oxygens (including phenoxy) is 1. The van der Waals surface area contributed by atoms with Gasteiger partial charge in [-0.1, -0.05) is 72.5 Å². The van der Waals surface area contributed by atoms with Crippen LogP contribution in [0.15, 0.2) is 65.7 Å². The zero-order valence-corrected chi connectivity index (χ0v) is 19.5. The highest BCUT2D eigenvalue weighted by Crippen LogP contribution is 2.34. The maximum Gasteiger partial charge on any atom is 0.305 e. The first kappa shape index (κ1) is 22.3. The van der Waals surface area contributed by atoms with E-state index in [1.807, 2.05) is 36.4 Å². The molecular formula is C25H24N2O3S2. The largest absolute Gasteiger partial charge is 0.466 e. The standard InChI is InChI=1S/C25H24N2O3S2/c1-2-30-23(28)13-8-14-27-24(29)22(32-25(27)31)15-19-17-26(16-18-9-4-3-5-10-18)21-12-7-6-11-20(19)21/h3-7,9-12,15,17H,2,8,13-14,16H2,1H3/b22-15-. The van der Waals surface area contributed by atoms with Crippen LogP contribution in [0.1, 0.15) is 30.9 Å². The van der Waals surface area contributed by atoms with Gasteiger partial charge in [0, 0.05) is 42.2 Å². The van der Waals surface area contributed by atoms with Crippen molar-refractivity contribution in [3.05, 3.63) is 76.8 Å². The third-order valence-corrected chi connectivity index (χ3v) is 6.62. The van der Waals surface area contributed by atoms with Crippen LogP contribution in [-0.4, -0.2) is 38.8 Å². The molecule has 32 heavy (non-hydrogen) atoms. The molecule has 0 saturated carbocycles. The van der Waals surface area contributed by atoms with E-state index in [9.17, 15) is 9.59 Å². The van der Waals surface area contributed by atoms with E-state index in [1.165, 1.54) is 17.3 Å². The molecule has 1 aromatic heterocycles. The summed E-state index contributed by atoms with van der Waals surface area (Å²) in [6, 6.07) is 18.5. The Morgan fingerprint density at radius 3 is 2.66 bits per heavy atom. The second kappa shape index (κ2) is 10.1. The molecule has 1 aliphatic rings. The summed E-state index contributed by atoms with van der Waals surface area (Å²) in [4.78, 5) is 26.7. The fraction of sp³-hybridized carbons (Fsp3) is 0.240. The van der Waals surface area contributed by atoms with Crippen molar-refractivity contribution in [2.75, 3.05) is 13.2 Å². The molecule has 7 heteroatoms. The average Bonchev–Trinajstić information content (AvgIpc) is 3.27. The van der Waals surface area contributed by atoms with Crippen LogP contribution >= 0.6 is 24.0 Å². The number of esters is 1. The Bertz CT molecular complexity index is 1180. The van der Waals surface area contributed by atoms with E-state index in [0.717, 1.165) is 23.0 Å². The highest BCUT2D eigenvalue weighted by Gasteiger charge is 2.32. The van der Waals surface area contributed by atoms with Gasteiger partial charge in [-0.05, 0) is 31.1 Å². The number of hydrogen-bond acceptors (Lipinski definition) is 5. The zero-order valence-electron chi connectivity index (χ0n) is 17.8. The number of benzene rings is 2. The van der Waals surface area contributed by atoms with Crippen LogP contribution in [0.3, 0.4) is 0 Å². The molecule has 5 nitrogen and oxygen atoms in total. The first-order valence-electron chi connectivity index (χ1n) is 10.6. The number of thioether (sulfide) groups is 1. The van der Waals surface area contributed by atoms with Gasteiger partial charge in [-0.2, -0.15) is 0 Å². The minimum Gasteiger partial charge on any atom is -0.466 e. The van der Waals surface area contributed by atoms with Crippen molar-refractivity contribution in [2.45, 2.75) is 26.3 Å². The third-order valence-electron chi connectivity index (χ3n) is 5.24. The highest BCUT2D eigenvalue weighted by atomic mass is 32.2. The minimum atomic E-state index is -0.250. The number of fused-ring (bicyclic) bond motifs is 1. The normalized spacial score (nSPS) is 15.2. The molecule has 1 aliphatic heterocycles. The molecule has 0 aliphatic carbocycles. The molecule has 3 aromatic rings. The van der Waals surface area contributed by atoms with E-state index in [4.69, 9.17) is 17.0 Å². The third kappa shape index (κ3) is 4.95. The molecule has 0 radical (unpaired) electrons. The molecule has 1 saturated heterocycles. The van der Waals surface area contributed by atoms with Gasteiger partial charge in [0.25, 0.3) is 5.91 Å². The number of rotatable bonds is 8. The summed E-state index contributed by atoms with van der Waals surface area (Å²) in [5.74, 6) is -0.358. The van der Waals surface area contributed by atoms with E-state index in [1.54, 1.807) is 11.8 Å². The van der Waals surface area contributed by atoms with Gasteiger partial charge in [0.15, 0.2) is 0 Å². The maximum absolute atomic E-state index is 13.0. The molecule has 0 N–H and O–H groups in total. The van der Waals surface area contributed by atoms with Crippen LogP contribution < -0.4 is 0 Å². The predicted molar refractivity (Wildman–Crippen MR) is 133 cm³/mol. The Kier molecular flexibility index (Phi) is 7.07. The second-order valence-electron chi connectivity index (χ2n) is 7.46. The molecule has 0 bridgehead atoms. The first-order valence-corrected chi connectivity index (χ1v) is 11.8. The monoisotopic (exact) mass is 464 g/mol. The van der Waals surface area contributed by atoms with Gasteiger partial charge in [-0.15, -0.1) is 0 Å². The van der Waals surface area contributed by atoms with Crippen LogP contribution in [0.4, 0.5) is 0 Å². The van der Waals surface area contributed by atoms with Crippen LogP contribution in [0.5, 0.6) is 0 Å². The van der Waals surface area contributed by atoms with E-state index < -0.39 is 0 Å². The van der Waals surface area contributed by atoms with Gasteiger partial charge in [0.1, 0.15) is 4.32 Å². The molecule has 2 aromatic carbocycles. The smallest absolute Gasteiger partial charge is 0.305 e. The molecule has 1 amide bonds. The quantitative estimate of drug-likeness (QED) is 0.259. The lowest BCUT2D eigenvalue weighted by atomic mass is 10.1. The van der Waals surface area contributed by atoms with Crippen molar-refractivity contribution >= 4 is 57.2 Å². The predicted octanol–water partition coefficient (Wildman–Crippen LogP) is 5.23. The second-order valence-corrected chi connectivity index (χ2v) is 9.13. The number of carbonyl (C=O) groups excluding carboxylic acids is 2. The highest BCUT2D eigenvalue weighted by molar-refractivity contribution is 8.26. The molecule has 1 fully saturated rings. The summed E-state index contributed by atoms with van der Waals surface area (Å²) in [5.41, 5.74) is 3.32. The summed E-state index contributed by atoms with van der Waals surface area (Å²) < 4.78 is 7.68. The molecule has 0 spiro atoms. The Labute approximate surface area is 197 Å². The number of aromatic nitrogens is 1. The van der Waals surface area contributed by atoms with Crippen molar-refractivity contribution in [3.63, 3.8) is 0 Å². The zero-order chi connectivity index (χ0) is 22.5. The number of hydrogen-bond donors (Lipinski definition) is 0.